The van der Waals surface area contributed by atoms with E-state index in [2.05, 4.69) is 110 Å². The van der Waals surface area contributed by atoms with Crippen molar-refractivity contribution in [3.8, 4) is 0 Å². The van der Waals surface area contributed by atoms with E-state index in [4.69, 9.17) is 9.97 Å². The first-order valence-electron chi connectivity index (χ1n) is 17.4. The molecule has 8 heteroatoms. The maximum Gasteiger partial charge on any atom is 0.253 e. The van der Waals surface area contributed by atoms with Gasteiger partial charge in [-0.2, -0.15) is 0 Å². The Morgan fingerprint density at radius 3 is 2.31 bits per heavy atom. The van der Waals surface area contributed by atoms with Crippen LogP contribution in [0.25, 0.3) is 11.0 Å². The average molecular weight is 652 g/mol. The molecular weight excluding hydrogens is 606 g/mol. The third-order valence-electron chi connectivity index (χ3n) is 9.73. The van der Waals surface area contributed by atoms with Crippen molar-refractivity contribution in [2.45, 2.75) is 31.8 Å². The molecule has 4 aromatic carbocycles. The van der Waals surface area contributed by atoms with Crippen LogP contribution in [0.2, 0.25) is 0 Å². The molecular formula is C41H45N7O. The van der Waals surface area contributed by atoms with Crippen LogP contribution >= 0.6 is 0 Å². The van der Waals surface area contributed by atoms with Crippen molar-refractivity contribution < 1.29 is 4.79 Å². The van der Waals surface area contributed by atoms with Crippen molar-refractivity contribution in [2.75, 3.05) is 51.2 Å². The number of carbonyl (C=O) groups is 1. The smallest absolute Gasteiger partial charge is 0.253 e. The summed E-state index contributed by atoms with van der Waals surface area (Å²) >= 11 is 0. The van der Waals surface area contributed by atoms with Gasteiger partial charge in [0.25, 0.3) is 5.91 Å². The number of rotatable bonds is 12. The van der Waals surface area contributed by atoms with Gasteiger partial charge >= 0.3 is 0 Å². The molecule has 6 aromatic rings. The van der Waals surface area contributed by atoms with Crippen molar-refractivity contribution in [1.29, 1.82) is 0 Å². The lowest BCUT2D eigenvalue weighted by Gasteiger charge is -2.28. The van der Waals surface area contributed by atoms with Gasteiger partial charge in [-0.05, 0) is 61.3 Å². The minimum absolute atomic E-state index is 0.0670. The number of hydrogen-bond acceptors (Lipinski definition) is 5. The molecule has 0 radical (unpaired) electrons. The molecule has 250 valence electrons. The van der Waals surface area contributed by atoms with Crippen LogP contribution in [-0.4, -0.2) is 81.1 Å². The van der Waals surface area contributed by atoms with E-state index in [1.165, 1.54) is 11.1 Å². The number of likely N-dealkylation sites (N-methyl/N-ethyl adjacent to an activating group) is 1. The molecule has 7 rings (SSSR count). The molecule has 3 heterocycles. The monoisotopic (exact) mass is 651 g/mol. The van der Waals surface area contributed by atoms with Crippen LogP contribution in [0.3, 0.4) is 0 Å². The first-order chi connectivity index (χ1) is 24.1. The summed E-state index contributed by atoms with van der Waals surface area (Å²) in [6.45, 7) is 6.97. The van der Waals surface area contributed by atoms with Gasteiger partial charge in [-0.25, -0.2) is 9.97 Å². The van der Waals surface area contributed by atoms with Crippen molar-refractivity contribution in [1.82, 2.24) is 28.9 Å². The minimum atomic E-state index is 0.0670. The van der Waals surface area contributed by atoms with Gasteiger partial charge in [-0.1, -0.05) is 91.0 Å². The predicted octanol–water partition coefficient (Wildman–Crippen LogP) is 6.79. The Morgan fingerprint density at radius 1 is 0.796 bits per heavy atom. The van der Waals surface area contributed by atoms with E-state index in [0.717, 1.165) is 80.5 Å². The number of anilines is 1. The van der Waals surface area contributed by atoms with Gasteiger partial charge in [-0.3, -0.25) is 4.79 Å². The maximum atomic E-state index is 13.2. The van der Waals surface area contributed by atoms with Crippen LogP contribution in [0, 0.1) is 0 Å². The summed E-state index contributed by atoms with van der Waals surface area (Å²) < 4.78 is 4.59. The summed E-state index contributed by atoms with van der Waals surface area (Å²) in [5.41, 5.74) is 5.42. The lowest BCUT2D eigenvalue weighted by Crippen LogP contribution is -2.35. The third kappa shape index (κ3) is 7.76. The van der Waals surface area contributed by atoms with E-state index in [0.29, 0.717) is 13.1 Å². The standard InChI is InChI=1S/C41H45N7O/c1-44(40(49)35-18-9-4-10-19-35)31-36(34-16-7-3-8-17-34)22-26-45-24-13-25-46(29-28-45)41-43-37-20-11-12-21-38(37)48(41)32-39-42-23-27-47(39)30-33-14-5-2-6-15-33/h2-12,14-21,23,27,36H,13,22,24-26,28-32H2,1H3. The number of para-hydroxylation sites is 2. The first-order valence-corrected chi connectivity index (χ1v) is 17.4. The highest BCUT2D eigenvalue weighted by atomic mass is 16.2. The van der Waals surface area contributed by atoms with Gasteiger partial charge in [0, 0.05) is 63.6 Å². The lowest BCUT2D eigenvalue weighted by atomic mass is 9.94. The minimum Gasteiger partial charge on any atom is -0.341 e. The Hall–Kier alpha value is -5.21. The summed E-state index contributed by atoms with van der Waals surface area (Å²) in [4.78, 5) is 30.1. The van der Waals surface area contributed by atoms with Gasteiger partial charge in [0.05, 0.1) is 17.6 Å². The fourth-order valence-electron chi connectivity index (χ4n) is 7.05. The second kappa shape index (κ2) is 15.3. The maximum absolute atomic E-state index is 13.2. The quantitative estimate of drug-likeness (QED) is 0.146. The summed E-state index contributed by atoms with van der Waals surface area (Å²) in [5, 5.41) is 0. The number of nitrogens with zero attached hydrogens (tertiary/aromatic N) is 7. The predicted molar refractivity (Wildman–Crippen MR) is 197 cm³/mol. The van der Waals surface area contributed by atoms with Crippen LogP contribution in [0.5, 0.6) is 0 Å². The largest absolute Gasteiger partial charge is 0.341 e. The van der Waals surface area contributed by atoms with Crippen LogP contribution in [-0.2, 0) is 13.1 Å². The van der Waals surface area contributed by atoms with Gasteiger partial charge in [0.1, 0.15) is 5.82 Å². The molecule has 0 spiro atoms. The van der Waals surface area contributed by atoms with Crippen LogP contribution in [0.4, 0.5) is 5.95 Å². The molecule has 2 aromatic heterocycles. The molecule has 0 aliphatic carbocycles. The topological polar surface area (TPSA) is 62.4 Å². The fraction of sp³-hybridized carbons (Fsp3) is 0.293. The Bertz CT molecular complexity index is 1940. The third-order valence-corrected chi connectivity index (χ3v) is 9.73. The van der Waals surface area contributed by atoms with E-state index >= 15 is 0 Å². The highest BCUT2D eigenvalue weighted by molar-refractivity contribution is 5.94. The zero-order chi connectivity index (χ0) is 33.4. The highest BCUT2D eigenvalue weighted by Gasteiger charge is 2.24. The molecule has 49 heavy (non-hydrogen) atoms. The second-order valence-electron chi connectivity index (χ2n) is 13.1. The Morgan fingerprint density at radius 2 is 1.51 bits per heavy atom. The van der Waals surface area contributed by atoms with Crippen molar-refractivity contribution in [3.63, 3.8) is 0 Å². The summed E-state index contributed by atoms with van der Waals surface area (Å²) in [7, 11) is 1.93. The molecule has 0 N–H and O–H groups in total. The number of carbonyl (C=O) groups excluding carboxylic acids is 1. The van der Waals surface area contributed by atoms with E-state index < -0.39 is 0 Å². The van der Waals surface area contributed by atoms with Crippen LogP contribution in [0.15, 0.2) is 128 Å². The average Bonchev–Trinajstić information content (AvgIpc) is 3.66. The second-order valence-corrected chi connectivity index (χ2v) is 13.1. The number of hydrogen-bond donors (Lipinski definition) is 0. The van der Waals surface area contributed by atoms with Gasteiger partial charge in [0.15, 0.2) is 0 Å². The summed E-state index contributed by atoms with van der Waals surface area (Å²) in [5.74, 6) is 2.35. The van der Waals surface area contributed by atoms with Gasteiger partial charge in [0.2, 0.25) is 5.95 Å². The molecule has 8 nitrogen and oxygen atoms in total. The highest BCUT2D eigenvalue weighted by Crippen LogP contribution is 2.26. The van der Waals surface area contributed by atoms with E-state index in [9.17, 15) is 4.79 Å². The SMILES string of the molecule is CN(CC(CCN1CCCN(c2nc3ccccc3n2Cc2nccn2Cc2ccccc2)CC1)c1ccccc1)C(=O)c1ccccc1. The summed E-state index contributed by atoms with van der Waals surface area (Å²) in [6, 6.07) is 39.3. The molecule has 1 fully saturated rings. The van der Waals surface area contributed by atoms with Crippen LogP contribution in [0.1, 0.15) is 46.1 Å². The Balaban J connectivity index is 1.04. The molecule has 1 aliphatic heterocycles. The van der Waals surface area contributed by atoms with Gasteiger partial charge < -0.3 is 23.8 Å². The fourth-order valence-corrected chi connectivity index (χ4v) is 7.05. The molecule has 1 saturated heterocycles. The van der Waals surface area contributed by atoms with Crippen LogP contribution < -0.4 is 4.90 Å². The van der Waals surface area contributed by atoms with E-state index in [1.54, 1.807) is 0 Å². The summed E-state index contributed by atoms with van der Waals surface area (Å²) in [6.07, 6.45) is 6.02. The zero-order valence-electron chi connectivity index (χ0n) is 28.3. The van der Waals surface area contributed by atoms with E-state index in [-0.39, 0.29) is 11.8 Å². The molecule has 1 amide bonds. The molecule has 1 aliphatic rings. The van der Waals surface area contributed by atoms with Crippen molar-refractivity contribution in [2.24, 2.45) is 0 Å². The number of fused-ring (bicyclic) bond motifs is 1. The lowest BCUT2D eigenvalue weighted by molar-refractivity contribution is 0.0782. The number of benzene rings is 4. The Labute approximate surface area is 289 Å². The number of amides is 1. The van der Waals surface area contributed by atoms with Gasteiger partial charge in [-0.15, -0.1) is 0 Å². The number of aromatic nitrogens is 4. The molecule has 0 bridgehead atoms. The first kappa shape index (κ1) is 32.3. The molecule has 1 unspecified atom stereocenters. The molecule has 0 saturated carbocycles. The molecule has 1 atom stereocenters. The normalized spacial score (nSPS) is 14.5. The van der Waals surface area contributed by atoms with Crippen molar-refractivity contribution in [3.05, 3.63) is 150 Å². The zero-order valence-corrected chi connectivity index (χ0v) is 28.3. The number of imidazole rings is 2. The van der Waals surface area contributed by atoms with Crippen molar-refractivity contribution >= 4 is 22.9 Å². The Kier molecular flexibility index (Phi) is 10.1. The van der Waals surface area contributed by atoms with E-state index in [1.807, 2.05) is 48.5 Å².